The smallest absolute Gasteiger partial charge is 0.0450 e. The van der Waals surface area contributed by atoms with Crippen molar-refractivity contribution in [2.75, 3.05) is 6.54 Å². The van der Waals surface area contributed by atoms with Gasteiger partial charge in [0.25, 0.3) is 0 Å². The Balaban J connectivity index is 2.06. The van der Waals surface area contributed by atoms with Gasteiger partial charge in [-0.1, -0.05) is 38.1 Å². The predicted octanol–water partition coefficient (Wildman–Crippen LogP) is 3.12. The molecule has 1 aromatic rings. The van der Waals surface area contributed by atoms with E-state index in [-0.39, 0.29) is 6.04 Å². The van der Waals surface area contributed by atoms with Gasteiger partial charge in [-0.3, -0.25) is 4.90 Å². The SMILES string of the molecule is CCc1ccc(C(N)C(C)N(CC)C2CC2)cc1. The Hall–Kier alpha value is -0.860. The third kappa shape index (κ3) is 2.93. The molecule has 0 aromatic heterocycles. The minimum atomic E-state index is 0.122. The molecular formula is C16H26N2. The molecule has 0 aliphatic heterocycles. The van der Waals surface area contributed by atoms with Crippen LogP contribution in [-0.2, 0) is 6.42 Å². The average molecular weight is 246 g/mol. The molecule has 0 radical (unpaired) electrons. The average Bonchev–Trinajstić information content (AvgIpc) is 3.23. The lowest BCUT2D eigenvalue weighted by Gasteiger charge is -2.32. The molecule has 1 aliphatic carbocycles. The molecule has 1 aliphatic rings. The van der Waals surface area contributed by atoms with Crippen molar-refractivity contribution >= 4 is 0 Å². The number of hydrogen-bond acceptors (Lipinski definition) is 2. The first kappa shape index (κ1) is 13.6. The molecule has 2 unspecified atom stereocenters. The van der Waals surface area contributed by atoms with Crippen molar-refractivity contribution in [3.8, 4) is 0 Å². The van der Waals surface area contributed by atoms with Crippen LogP contribution in [0, 0.1) is 0 Å². The number of rotatable bonds is 6. The highest BCUT2D eigenvalue weighted by Crippen LogP contribution is 2.31. The highest BCUT2D eigenvalue weighted by atomic mass is 15.2. The van der Waals surface area contributed by atoms with Gasteiger partial charge in [-0.05, 0) is 43.9 Å². The zero-order valence-corrected chi connectivity index (χ0v) is 11.9. The summed E-state index contributed by atoms with van der Waals surface area (Å²) in [5.74, 6) is 0. The molecule has 0 saturated heterocycles. The molecule has 2 rings (SSSR count). The molecule has 0 heterocycles. The number of benzene rings is 1. The van der Waals surface area contributed by atoms with Crippen molar-refractivity contribution in [1.29, 1.82) is 0 Å². The predicted molar refractivity (Wildman–Crippen MR) is 77.6 cm³/mol. The number of nitrogens with zero attached hydrogens (tertiary/aromatic N) is 1. The Kier molecular flexibility index (Phi) is 4.41. The number of likely N-dealkylation sites (N-methyl/N-ethyl adjacent to an activating group) is 1. The molecular weight excluding hydrogens is 220 g/mol. The lowest BCUT2D eigenvalue weighted by molar-refractivity contribution is 0.184. The van der Waals surface area contributed by atoms with Crippen LogP contribution >= 0.6 is 0 Å². The van der Waals surface area contributed by atoms with E-state index in [4.69, 9.17) is 5.73 Å². The number of aryl methyl sites for hydroxylation is 1. The lowest BCUT2D eigenvalue weighted by atomic mass is 9.98. The molecule has 18 heavy (non-hydrogen) atoms. The van der Waals surface area contributed by atoms with Crippen LogP contribution in [0.25, 0.3) is 0 Å². The molecule has 0 bridgehead atoms. The normalized spacial score (nSPS) is 18.9. The Morgan fingerprint density at radius 2 is 1.83 bits per heavy atom. The van der Waals surface area contributed by atoms with Gasteiger partial charge in [0.2, 0.25) is 0 Å². The number of hydrogen-bond donors (Lipinski definition) is 1. The van der Waals surface area contributed by atoms with E-state index in [9.17, 15) is 0 Å². The zero-order valence-electron chi connectivity index (χ0n) is 11.9. The van der Waals surface area contributed by atoms with Crippen LogP contribution in [0.5, 0.6) is 0 Å². The van der Waals surface area contributed by atoms with Crippen LogP contribution in [0.2, 0.25) is 0 Å². The van der Waals surface area contributed by atoms with E-state index in [1.54, 1.807) is 0 Å². The van der Waals surface area contributed by atoms with Gasteiger partial charge in [-0.2, -0.15) is 0 Å². The van der Waals surface area contributed by atoms with Crippen molar-refractivity contribution in [2.45, 2.75) is 58.2 Å². The molecule has 2 atom stereocenters. The highest BCUT2D eigenvalue weighted by molar-refractivity contribution is 5.25. The maximum absolute atomic E-state index is 6.43. The Bertz CT molecular complexity index is 367. The van der Waals surface area contributed by atoms with E-state index in [1.807, 2.05) is 0 Å². The largest absolute Gasteiger partial charge is 0.323 e. The second-order valence-corrected chi connectivity index (χ2v) is 5.42. The second-order valence-electron chi connectivity index (χ2n) is 5.42. The molecule has 2 nitrogen and oxygen atoms in total. The summed E-state index contributed by atoms with van der Waals surface area (Å²) in [5.41, 5.74) is 9.08. The molecule has 2 N–H and O–H groups in total. The van der Waals surface area contributed by atoms with Crippen LogP contribution in [-0.4, -0.2) is 23.5 Å². The van der Waals surface area contributed by atoms with E-state index in [0.29, 0.717) is 6.04 Å². The molecule has 2 heteroatoms. The summed E-state index contributed by atoms with van der Waals surface area (Å²) in [6.45, 7) is 7.79. The fourth-order valence-electron chi connectivity index (χ4n) is 2.75. The highest BCUT2D eigenvalue weighted by Gasteiger charge is 2.33. The topological polar surface area (TPSA) is 29.3 Å². The monoisotopic (exact) mass is 246 g/mol. The van der Waals surface area contributed by atoms with Crippen LogP contribution in [0.3, 0.4) is 0 Å². The van der Waals surface area contributed by atoms with E-state index in [2.05, 4.69) is 49.9 Å². The summed E-state index contributed by atoms with van der Waals surface area (Å²) in [7, 11) is 0. The van der Waals surface area contributed by atoms with E-state index >= 15 is 0 Å². The van der Waals surface area contributed by atoms with Crippen molar-refractivity contribution in [3.05, 3.63) is 35.4 Å². The third-order valence-corrected chi connectivity index (χ3v) is 4.20. The first-order valence-corrected chi connectivity index (χ1v) is 7.27. The van der Waals surface area contributed by atoms with Gasteiger partial charge in [-0.15, -0.1) is 0 Å². The quantitative estimate of drug-likeness (QED) is 0.835. The Morgan fingerprint density at radius 3 is 2.28 bits per heavy atom. The zero-order chi connectivity index (χ0) is 13.1. The summed E-state index contributed by atoms with van der Waals surface area (Å²) in [6.07, 6.45) is 3.79. The second kappa shape index (κ2) is 5.85. The van der Waals surface area contributed by atoms with E-state index in [0.717, 1.165) is 19.0 Å². The maximum Gasteiger partial charge on any atom is 0.0450 e. The van der Waals surface area contributed by atoms with Gasteiger partial charge < -0.3 is 5.73 Å². The minimum absolute atomic E-state index is 0.122. The van der Waals surface area contributed by atoms with Crippen LogP contribution in [0.15, 0.2) is 24.3 Å². The molecule has 0 spiro atoms. The van der Waals surface area contributed by atoms with Crippen LogP contribution < -0.4 is 5.73 Å². The molecule has 100 valence electrons. The first-order chi connectivity index (χ1) is 8.67. The van der Waals surface area contributed by atoms with Crippen molar-refractivity contribution in [1.82, 2.24) is 4.90 Å². The fourth-order valence-corrected chi connectivity index (χ4v) is 2.75. The summed E-state index contributed by atoms with van der Waals surface area (Å²) < 4.78 is 0. The van der Waals surface area contributed by atoms with Gasteiger partial charge in [0, 0.05) is 18.1 Å². The third-order valence-electron chi connectivity index (χ3n) is 4.20. The minimum Gasteiger partial charge on any atom is -0.323 e. The maximum atomic E-state index is 6.43. The van der Waals surface area contributed by atoms with Crippen molar-refractivity contribution in [3.63, 3.8) is 0 Å². The molecule has 1 saturated carbocycles. The Labute approximate surface area is 111 Å². The lowest BCUT2D eigenvalue weighted by Crippen LogP contribution is -2.42. The van der Waals surface area contributed by atoms with Crippen LogP contribution in [0.4, 0.5) is 0 Å². The van der Waals surface area contributed by atoms with E-state index < -0.39 is 0 Å². The van der Waals surface area contributed by atoms with Crippen LogP contribution in [0.1, 0.15) is 50.8 Å². The number of nitrogens with two attached hydrogens (primary N) is 1. The van der Waals surface area contributed by atoms with Gasteiger partial charge in [0.05, 0.1) is 0 Å². The Morgan fingerprint density at radius 1 is 1.22 bits per heavy atom. The first-order valence-electron chi connectivity index (χ1n) is 7.27. The summed E-state index contributed by atoms with van der Waals surface area (Å²) in [6, 6.07) is 10.1. The van der Waals surface area contributed by atoms with Gasteiger partial charge in [0.15, 0.2) is 0 Å². The van der Waals surface area contributed by atoms with Crippen molar-refractivity contribution in [2.24, 2.45) is 5.73 Å². The van der Waals surface area contributed by atoms with Gasteiger partial charge in [0.1, 0.15) is 0 Å². The van der Waals surface area contributed by atoms with Gasteiger partial charge in [-0.25, -0.2) is 0 Å². The van der Waals surface area contributed by atoms with Crippen molar-refractivity contribution < 1.29 is 0 Å². The molecule has 1 fully saturated rings. The standard InChI is InChI=1S/C16H26N2/c1-4-13-6-8-14(9-7-13)16(17)12(3)18(5-2)15-10-11-15/h6-9,12,15-16H,4-5,10-11,17H2,1-3H3. The van der Waals surface area contributed by atoms with E-state index in [1.165, 1.54) is 24.0 Å². The van der Waals surface area contributed by atoms with Gasteiger partial charge >= 0.3 is 0 Å². The summed E-state index contributed by atoms with van der Waals surface area (Å²) in [4.78, 5) is 2.55. The molecule has 0 amide bonds. The fraction of sp³-hybridized carbons (Fsp3) is 0.625. The summed E-state index contributed by atoms with van der Waals surface area (Å²) in [5, 5.41) is 0. The molecule has 1 aromatic carbocycles. The summed E-state index contributed by atoms with van der Waals surface area (Å²) >= 11 is 0.